The molecule has 36 heavy (non-hydrogen) atoms. The molecule has 1 amide bonds. The van der Waals surface area contributed by atoms with Gasteiger partial charge in [0.2, 0.25) is 0 Å². The van der Waals surface area contributed by atoms with Crippen LogP contribution in [-0.2, 0) is 11.9 Å². The predicted molar refractivity (Wildman–Crippen MR) is 132 cm³/mol. The molecule has 4 aromatic rings. The van der Waals surface area contributed by atoms with Crippen molar-refractivity contribution >= 4 is 35.0 Å². The zero-order valence-electron chi connectivity index (χ0n) is 19.4. The molecule has 0 unspecified atom stereocenters. The highest BCUT2D eigenvalue weighted by Crippen LogP contribution is 2.31. The van der Waals surface area contributed by atoms with Gasteiger partial charge in [-0.2, -0.15) is 13.2 Å². The van der Waals surface area contributed by atoms with Crippen molar-refractivity contribution in [3.05, 3.63) is 87.5 Å². The summed E-state index contributed by atoms with van der Waals surface area (Å²) in [5.41, 5.74) is 2.51. The molecule has 186 valence electrons. The summed E-state index contributed by atoms with van der Waals surface area (Å²) in [6.07, 6.45) is -4.54. The summed E-state index contributed by atoms with van der Waals surface area (Å²) in [5.74, 6) is -0.483. The highest BCUT2D eigenvalue weighted by Gasteiger charge is 2.31. The minimum atomic E-state index is -4.54. The lowest BCUT2D eigenvalue weighted by Crippen LogP contribution is -2.16. The van der Waals surface area contributed by atoms with Crippen molar-refractivity contribution in [2.24, 2.45) is 0 Å². The van der Waals surface area contributed by atoms with Crippen LogP contribution in [0.1, 0.15) is 38.7 Å². The summed E-state index contributed by atoms with van der Waals surface area (Å²) < 4.78 is 40.8. The van der Waals surface area contributed by atoms with Gasteiger partial charge in [0.25, 0.3) is 5.91 Å². The third kappa shape index (κ3) is 5.85. The molecule has 0 fully saturated rings. The van der Waals surface area contributed by atoms with E-state index in [0.717, 1.165) is 29.1 Å². The Hall–Kier alpha value is -3.44. The van der Waals surface area contributed by atoms with E-state index >= 15 is 0 Å². The van der Waals surface area contributed by atoms with Gasteiger partial charge in [0, 0.05) is 27.9 Å². The first-order chi connectivity index (χ1) is 17.0. The van der Waals surface area contributed by atoms with Crippen LogP contribution in [-0.4, -0.2) is 30.9 Å². The van der Waals surface area contributed by atoms with E-state index in [0.29, 0.717) is 21.6 Å². The average Bonchev–Trinajstić information content (AvgIpc) is 3.22. The topological polar surface area (TPSA) is 85.6 Å². The molecule has 4 rings (SSSR count). The molecule has 7 nitrogen and oxygen atoms in total. The Morgan fingerprint density at radius 2 is 1.78 bits per heavy atom. The van der Waals surface area contributed by atoms with Crippen molar-refractivity contribution in [2.75, 3.05) is 5.32 Å². The SMILES string of the molecule is Cc1cc(C)nc(SCc2c(C(=O)Nc3cccc(C(F)(F)F)c3)nnn2-c2ccc(C)c(Cl)c2)n1. The summed E-state index contributed by atoms with van der Waals surface area (Å²) in [4.78, 5) is 21.9. The van der Waals surface area contributed by atoms with E-state index in [-0.39, 0.29) is 17.1 Å². The zero-order chi connectivity index (χ0) is 26.0. The number of alkyl halides is 3. The Morgan fingerprint density at radius 3 is 2.44 bits per heavy atom. The van der Waals surface area contributed by atoms with Gasteiger partial charge in [0.15, 0.2) is 10.9 Å². The normalized spacial score (nSPS) is 11.5. The van der Waals surface area contributed by atoms with Crippen LogP contribution in [0.2, 0.25) is 5.02 Å². The molecule has 12 heteroatoms. The van der Waals surface area contributed by atoms with E-state index in [1.54, 1.807) is 12.1 Å². The Morgan fingerprint density at radius 1 is 1.06 bits per heavy atom. The number of hydrogen-bond donors (Lipinski definition) is 1. The van der Waals surface area contributed by atoms with E-state index in [1.807, 2.05) is 32.9 Å². The molecule has 0 aliphatic rings. The van der Waals surface area contributed by atoms with Crippen LogP contribution in [0.4, 0.5) is 18.9 Å². The third-order valence-corrected chi connectivity index (χ3v) is 6.39. The second kappa shape index (κ2) is 10.3. The van der Waals surface area contributed by atoms with Crippen molar-refractivity contribution < 1.29 is 18.0 Å². The number of benzene rings is 2. The van der Waals surface area contributed by atoms with Crippen LogP contribution in [0, 0.1) is 20.8 Å². The number of rotatable bonds is 6. The number of halogens is 4. The molecular weight excluding hydrogens is 513 g/mol. The molecule has 0 saturated heterocycles. The summed E-state index contributed by atoms with van der Waals surface area (Å²) in [6.45, 7) is 5.56. The molecule has 0 bridgehead atoms. The lowest BCUT2D eigenvalue weighted by Gasteiger charge is -2.11. The van der Waals surface area contributed by atoms with Crippen molar-refractivity contribution in [3.8, 4) is 5.69 Å². The standard InChI is InChI=1S/C24H20ClF3N6OS/c1-13-7-8-18(11-19(13)25)34-20(12-36-23-29-14(2)9-15(3)30-23)21(32-33-34)22(35)31-17-6-4-5-16(10-17)24(26,27)28/h4-11H,12H2,1-3H3,(H,31,35). The van der Waals surface area contributed by atoms with Crippen molar-refractivity contribution in [1.82, 2.24) is 25.0 Å². The van der Waals surface area contributed by atoms with E-state index in [1.165, 1.54) is 28.6 Å². The molecule has 1 N–H and O–H groups in total. The lowest BCUT2D eigenvalue weighted by molar-refractivity contribution is -0.137. The molecule has 0 spiro atoms. The fourth-order valence-electron chi connectivity index (χ4n) is 3.38. The minimum Gasteiger partial charge on any atom is -0.321 e. The first kappa shape index (κ1) is 25.6. The van der Waals surface area contributed by atoms with Crippen molar-refractivity contribution in [1.29, 1.82) is 0 Å². The van der Waals surface area contributed by atoms with E-state index in [2.05, 4.69) is 25.6 Å². The van der Waals surface area contributed by atoms with Crippen LogP contribution in [0.25, 0.3) is 5.69 Å². The number of nitrogens with one attached hydrogen (secondary N) is 1. The Balaban J connectivity index is 1.69. The Kier molecular flexibility index (Phi) is 7.32. The van der Waals surface area contributed by atoms with Gasteiger partial charge in [-0.25, -0.2) is 14.6 Å². The van der Waals surface area contributed by atoms with Crippen LogP contribution in [0.5, 0.6) is 0 Å². The number of carbonyl (C=O) groups excluding carboxylic acids is 1. The zero-order valence-corrected chi connectivity index (χ0v) is 21.0. The summed E-state index contributed by atoms with van der Waals surface area (Å²) >= 11 is 7.58. The molecule has 2 aromatic heterocycles. The van der Waals surface area contributed by atoms with E-state index < -0.39 is 17.6 Å². The van der Waals surface area contributed by atoms with Crippen LogP contribution in [0.3, 0.4) is 0 Å². The number of thioether (sulfide) groups is 1. The van der Waals surface area contributed by atoms with E-state index in [9.17, 15) is 18.0 Å². The van der Waals surface area contributed by atoms with Crippen LogP contribution >= 0.6 is 23.4 Å². The summed E-state index contributed by atoms with van der Waals surface area (Å²) in [6, 6.07) is 11.5. The first-order valence-corrected chi connectivity index (χ1v) is 12.0. The number of anilines is 1. The maximum Gasteiger partial charge on any atom is 0.416 e. The number of amides is 1. The summed E-state index contributed by atoms with van der Waals surface area (Å²) in [7, 11) is 0. The predicted octanol–water partition coefficient (Wildman–Crippen LogP) is 6.20. The third-order valence-electron chi connectivity index (χ3n) is 5.13. The Labute approximate surface area is 214 Å². The van der Waals surface area contributed by atoms with Crippen molar-refractivity contribution in [3.63, 3.8) is 0 Å². The van der Waals surface area contributed by atoms with E-state index in [4.69, 9.17) is 11.6 Å². The highest BCUT2D eigenvalue weighted by atomic mass is 35.5. The van der Waals surface area contributed by atoms with Crippen molar-refractivity contribution in [2.45, 2.75) is 37.9 Å². The van der Waals surface area contributed by atoms with Gasteiger partial charge >= 0.3 is 6.18 Å². The molecule has 0 aliphatic carbocycles. The molecule has 0 radical (unpaired) electrons. The number of carbonyl (C=O) groups is 1. The smallest absolute Gasteiger partial charge is 0.321 e. The van der Waals surface area contributed by atoms with Gasteiger partial charge in [-0.1, -0.05) is 40.7 Å². The minimum absolute atomic E-state index is 0.0148. The van der Waals surface area contributed by atoms with Gasteiger partial charge in [0.1, 0.15) is 0 Å². The molecule has 2 aromatic carbocycles. The maximum absolute atomic E-state index is 13.1. The monoisotopic (exact) mass is 532 g/mol. The van der Waals surface area contributed by atoms with Gasteiger partial charge in [0.05, 0.1) is 16.9 Å². The largest absolute Gasteiger partial charge is 0.416 e. The molecule has 0 saturated carbocycles. The van der Waals surface area contributed by atoms with Gasteiger partial charge < -0.3 is 5.32 Å². The second-order valence-electron chi connectivity index (χ2n) is 7.98. The number of aromatic nitrogens is 5. The highest BCUT2D eigenvalue weighted by molar-refractivity contribution is 7.98. The van der Waals surface area contributed by atoms with Gasteiger partial charge in [-0.3, -0.25) is 4.79 Å². The molecule has 0 atom stereocenters. The fourth-order valence-corrected chi connectivity index (χ4v) is 4.50. The van der Waals surface area contributed by atoms with Crippen LogP contribution in [0.15, 0.2) is 53.7 Å². The lowest BCUT2D eigenvalue weighted by atomic mass is 10.2. The number of nitrogens with zero attached hydrogens (tertiary/aromatic N) is 5. The van der Waals surface area contributed by atoms with Gasteiger partial charge in [-0.05, 0) is 62.7 Å². The quantitative estimate of drug-likeness (QED) is 0.235. The Bertz CT molecular complexity index is 1420. The average molecular weight is 533 g/mol. The molecular formula is C24H20ClF3N6OS. The second-order valence-corrected chi connectivity index (χ2v) is 9.33. The number of hydrogen-bond acceptors (Lipinski definition) is 6. The molecule has 2 heterocycles. The molecule has 0 aliphatic heterocycles. The maximum atomic E-state index is 13.1. The van der Waals surface area contributed by atoms with Gasteiger partial charge in [-0.15, -0.1) is 5.10 Å². The van der Waals surface area contributed by atoms with Crippen LogP contribution < -0.4 is 5.32 Å². The number of aryl methyl sites for hydroxylation is 3. The fraction of sp³-hybridized carbons (Fsp3) is 0.208. The summed E-state index contributed by atoms with van der Waals surface area (Å²) in [5, 5.41) is 11.7. The first-order valence-electron chi connectivity index (χ1n) is 10.7.